The van der Waals surface area contributed by atoms with Gasteiger partial charge in [-0.3, -0.25) is 4.68 Å². The van der Waals surface area contributed by atoms with Gasteiger partial charge < -0.3 is 10.5 Å². The number of benzene rings is 1. The van der Waals surface area contributed by atoms with Gasteiger partial charge in [0.2, 0.25) is 0 Å². The van der Waals surface area contributed by atoms with E-state index in [2.05, 4.69) is 5.10 Å². The van der Waals surface area contributed by atoms with Gasteiger partial charge in [0.15, 0.2) is 0 Å². The number of ether oxygens (including phenoxy) is 1. The number of rotatable bonds is 3. The lowest BCUT2D eigenvalue weighted by Crippen LogP contribution is -2.35. The summed E-state index contributed by atoms with van der Waals surface area (Å²) in [6.07, 6.45) is 1.50. The number of nitrogens with two attached hydrogens (primary N) is 1. The number of halogens is 1. The van der Waals surface area contributed by atoms with Crippen molar-refractivity contribution in [3.8, 4) is 0 Å². The summed E-state index contributed by atoms with van der Waals surface area (Å²) in [6.45, 7) is 5.99. The van der Waals surface area contributed by atoms with E-state index in [1.54, 1.807) is 10.7 Å². The Morgan fingerprint density at radius 3 is 2.78 bits per heavy atom. The van der Waals surface area contributed by atoms with Crippen LogP contribution in [0.5, 0.6) is 0 Å². The van der Waals surface area contributed by atoms with Gasteiger partial charge in [0.1, 0.15) is 11.9 Å². The zero-order valence-corrected chi connectivity index (χ0v) is 13.8. The van der Waals surface area contributed by atoms with Crippen molar-refractivity contribution in [1.29, 1.82) is 0 Å². The molecule has 6 heteroatoms. The van der Waals surface area contributed by atoms with Crippen LogP contribution in [0.25, 0.3) is 10.9 Å². The quantitative estimate of drug-likeness (QED) is 0.943. The molecule has 5 nitrogen and oxygen atoms in total. The van der Waals surface area contributed by atoms with Gasteiger partial charge >= 0.3 is 6.09 Å². The first-order valence-electron chi connectivity index (χ1n) is 7.76. The Labute approximate surface area is 134 Å². The average molecular weight is 319 g/mol. The minimum absolute atomic E-state index is 0.0199. The van der Waals surface area contributed by atoms with Crippen LogP contribution in [0.3, 0.4) is 0 Å². The third kappa shape index (κ3) is 2.90. The van der Waals surface area contributed by atoms with Crippen LogP contribution in [-0.2, 0) is 11.8 Å². The average Bonchev–Trinajstić information content (AvgIpc) is 3.08. The van der Waals surface area contributed by atoms with Gasteiger partial charge in [-0.1, -0.05) is 20.8 Å². The summed E-state index contributed by atoms with van der Waals surface area (Å²) < 4.78 is 21.5. The van der Waals surface area contributed by atoms with E-state index >= 15 is 0 Å². The Balaban J connectivity index is 1.96. The van der Waals surface area contributed by atoms with Gasteiger partial charge in [-0.2, -0.15) is 5.10 Å². The highest BCUT2D eigenvalue weighted by Crippen LogP contribution is 2.55. The smallest absolute Gasteiger partial charge is 0.404 e. The first-order valence-corrected chi connectivity index (χ1v) is 7.76. The van der Waals surface area contributed by atoms with Crippen LogP contribution in [0.2, 0.25) is 0 Å². The van der Waals surface area contributed by atoms with Gasteiger partial charge in [-0.15, -0.1) is 0 Å². The number of nitrogens with zero attached hydrogens (tertiary/aromatic N) is 2. The van der Waals surface area contributed by atoms with Crippen molar-refractivity contribution in [2.75, 3.05) is 0 Å². The molecule has 0 spiro atoms. The molecule has 1 aromatic heterocycles. The Kier molecular flexibility index (Phi) is 3.58. The number of aryl methyl sites for hydroxylation is 1. The first-order chi connectivity index (χ1) is 10.7. The molecular weight excluding hydrogens is 297 g/mol. The van der Waals surface area contributed by atoms with Gasteiger partial charge in [0.25, 0.3) is 0 Å². The van der Waals surface area contributed by atoms with Crippen LogP contribution < -0.4 is 5.73 Å². The van der Waals surface area contributed by atoms with E-state index in [4.69, 9.17) is 10.5 Å². The second-order valence-corrected chi connectivity index (χ2v) is 7.43. The van der Waals surface area contributed by atoms with E-state index in [0.29, 0.717) is 5.56 Å². The molecule has 124 valence electrons. The number of aromatic nitrogens is 2. The van der Waals surface area contributed by atoms with Crippen molar-refractivity contribution in [3.05, 3.63) is 29.7 Å². The second kappa shape index (κ2) is 5.22. The maximum Gasteiger partial charge on any atom is 0.404 e. The lowest BCUT2D eigenvalue weighted by atomic mass is 9.84. The van der Waals surface area contributed by atoms with E-state index in [9.17, 15) is 9.18 Å². The van der Waals surface area contributed by atoms with E-state index in [-0.39, 0.29) is 29.2 Å². The molecule has 1 saturated carbocycles. The molecule has 3 rings (SSSR count). The second-order valence-electron chi connectivity index (χ2n) is 7.43. The van der Waals surface area contributed by atoms with Crippen LogP contribution in [0.1, 0.15) is 38.7 Å². The van der Waals surface area contributed by atoms with Gasteiger partial charge in [0, 0.05) is 30.1 Å². The summed E-state index contributed by atoms with van der Waals surface area (Å²) in [7, 11) is 1.82. The predicted octanol–water partition coefficient (Wildman–Crippen LogP) is 3.33. The third-order valence-corrected chi connectivity index (χ3v) is 4.49. The number of fused-ring (bicyclic) bond motifs is 1. The van der Waals surface area contributed by atoms with Gasteiger partial charge in [-0.05, 0) is 29.9 Å². The fourth-order valence-electron chi connectivity index (χ4n) is 3.50. The highest BCUT2D eigenvalue weighted by atomic mass is 19.1. The van der Waals surface area contributed by atoms with Crippen LogP contribution in [-0.4, -0.2) is 22.0 Å². The molecule has 1 aliphatic carbocycles. The summed E-state index contributed by atoms with van der Waals surface area (Å²) in [5, 5.41) is 5.16. The van der Waals surface area contributed by atoms with E-state index < -0.39 is 6.09 Å². The topological polar surface area (TPSA) is 70.1 Å². The molecule has 1 aliphatic rings. The molecule has 0 saturated heterocycles. The lowest BCUT2D eigenvalue weighted by molar-refractivity contribution is 0.0208. The van der Waals surface area contributed by atoms with Crippen LogP contribution in [0.15, 0.2) is 18.3 Å². The molecule has 0 bridgehead atoms. The molecule has 2 aromatic rings. The Hall–Kier alpha value is -2.11. The summed E-state index contributed by atoms with van der Waals surface area (Å²) >= 11 is 0. The zero-order chi connectivity index (χ0) is 16.9. The van der Waals surface area contributed by atoms with Crippen molar-refractivity contribution >= 4 is 17.0 Å². The number of carbonyl (C=O) groups excluding carboxylic acids is 1. The van der Waals surface area contributed by atoms with E-state index in [1.165, 1.54) is 6.07 Å². The highest BCUT2D eigenvalue weighted by Gasteiger charge is 2.51. The fraction of sp³-hybridized carbons (Fsp3) is 0.529. The molecule has 2 N–H and O–H groups in total. The number of amides is 1. The molecule has 1 aromatic carbocycles. The minimum atomic E-state index is -0.782. The summed E-state index contributed by atoms with van der Waals surface area (Å²) in [5.74, 6) is -0.140. The fourth-order valence-corrected chi connectivity index (χ4v) is 3.50. The Bertz CT molecular complexity index is 763. The molecule has 0 aliphatic heterocycles. The Morgan fingerprint density at radius 2 is 2.17 bits per heavy atom. The molecule has 3 unspecified atom stereocenters. The van der Waals surface area contributed by atoms with Crippen molar-refractivity contribution < 1.29 is 13.9 Å². The van der Waals surface area contributed by atoms with Crippen molar-refractivity contribution in [1.82, 2.24) is 9.78 Å². The molecule has 1 amide bonds. The normalized spacial score (nSPS) is 22.1. The van der Waals surface area contributed by atoms with E-state index in [1.807, 2.05) is 34.0 Å². The molecular formula is C17H22FN3O2. The third-order valence-electron chi connectivity index (χ3n) is 4.49. The molecule has 23 heavy (non-hydrogen) atoms. The largest absolute Gasteiger partial charge is 0.446 e. The van der Waals surface area contributed by atoms with Gasteiger partial charge in [0.05, 0.1) is 5.52 Å². The monoisotopic (exact) mass is 319 g/mol. The predicted molar refractivity (Wildman–Crippen MR) is 85.4 cm³/mol. The summed E-state index contributed by atoms with van der Waals surface area (Å²) in [4.78, 5) is 11.2. The standard InChI is InChI=1S/C17H22FN3O2/c1-17(2,3)15(23-16(19)22)10-7-9(10)14-11-8-21(4)20-13(11)6-5-12(14)18/h5-6,8-10,15H,7H2,1-4H3,(H2,19,22). The molecule has 0 radical (unpaired) electrons. The van der Waals surface area contributed by atoms with Crippen LogP contribution in [0.4, 0.5) is 9.18 Å². The molecule has 1 fully saturated rings. The van der Waals surface area contributed by atoms with Crippen molar-refractivity contribution in [2.24, 2.45) is 24.1 Å². The number of hydrogen-bond acceptors (Lipinski definition) is 3. The first kappa shape index (κ1) is 15.8. The number of hydrogen-bond donors (Lipinski definition) is 1. The van der Waals surface area contributed by atoms with E-state index in [0.717, 1.165) is 17.3 Å². The number of carbonyl (C=O) groups is 1. The SMILES string of the molecule is Cn1cc2c(C3CC3C(OC(N)=O)C(C)(C)C)c(F)ccc2n1. The maximum absolute atomic E-state index is 14.4. The minimum Gasteiger partial charge on any atom is -0.446 e. The van der Waals surface area contributed by atoms with Crippen molar-refractivity contribution in [2.45, 2.75) is 39.2 Å². The molecule has 1 heterocycles. The summed E-state index contributed by atoms with van der Waals surface area (Å²) in [6, 6.07) is 3.15. The van der Waals surface area contributed by atoms with Gasteiger partial charge in [-0.25, -0.2) is 9.18 Å². The van der Waals surface area contributed by atoms with Crippen LogP contribution in [0, 0.1) is 17.2 Å². The maximum atomic E-state index is 14.4. The van der Waals surface area contributed by atoms with Crippen LogP contribution >= 0.6 is 0 Å². The summed E-state index contributed by atoms with van der Waals surface area (Å²) in [5.41, 5.74) is 6.40. The highest BCUT2D eigenvalue weighted by molar-refractivity contribution is 5.83. The van der Waals surface area contributed by atoms with Crippen molar-refractivity contribution in [3.63, 3.8) is 0 Å². The number of primary amides is 1. The Morgan fingerprint density at radius 1 is 1.48 bits per heavy atom. The lowest BCUT2D eigenvalue weighted by Gasteiger charge is -2.30. The molecule has 3 atom stereocenters. The zero-order valence-electron chi connectivity index (χ0n) is 13.8.